The van der Waals surface area contributed by atoms with Crippen LogP contribution >= 0.6 is 0 Å². The molecule has 0 aliphatic carbocycles. The molecular weight excluding hydrogens is 240 g/mol. The average molecular weight is 258 g/mol. The SMILES string of the molecule is C=C(C)Cn1c(=O)n(C(C)C)c(=O)c2ccccc21. The maximum Gasteiger partial charge on any atom is 0.332 e. The number of aromatic nitrogens is 2. The minimum Gasteiger partial charge on any atom is -0.289 e. The Hall–Kier alpha value is -2.10. The third kappa shape index (κ3) is 2.26. The third-order valence-electron chi connectivity index (χ3n) is 3.03. The van der Waals surface area contributed by atoms with Crippen molar-refractivity contribution in [3.63, 3.8) is 0 Å². The maximum absolute atomic E-state index is 12.5. The molecule has 0 fully saturated rings. The summed E-state index contributed by atoms with van der Waals surface area (Å²) in [4.78, 5) is 24.8. The van der Waals surface area contributed by atoms with Crippen LogP contribution < -0.4 is 11.2 Å². The lowest BCUT2D eigenvalue weighted by molar-refractivity contribution is 0.523. The van der Waals surface area contributed by atoms with E-state index in [0.717, 1.165) is 5.57 Å². The topological polar surface area (TPSA) is 44.0 Å². The second kappa shape index (κ2) is 4.88. The van der Waals surface area contributed by atoms with Crippen LogP contribution in [0, 0.1) is 0 Å². The summed E-state index contributed by atoms with van der Waals surface area (Å²) >= 11 is 0. The highest BCUT2D eigenvalue weighted by Gasteiger charge is 2.14. The van der Waals surface area contributed by atoms with Crippen LogP contribution in [-0.4, -0.2) is 9.13 Å². The van der Waals surface area contributed by atoms with E-state index in [2.05, 4.69) is 6.58 Å². The van der Waals surface area contributed by atoms with Crippen molar-refractivity contribution in [1.82, 2.24) is 9.13 Å². The fourth-order valence-electron chi connectivity index (χ4n) is 2.22. The molecule has 0 unspecified atom stereocenters. The molecule has 0 aliphatic heterocycles. The van der Waals surface area contributed by atoms with Gasteiger partial charge in [-0.1, -0.05) is 24.3 Å². The summed E-state index contributed by atoms with van der Waals surface area (Å²) in [5.41, 5.74) is 1.04. The van der Waals surface area contributed by atoms with Crippen molar-refractivity contribution >= 4 is 10.9 Å². The van der Waals surface area contributed by atoms with Crippen LogP contribution in [0.25, 0.3) is 10.9 Å². The fourth-order valence-corrected chi connectivity index (χ4v) is 2.22. The zero-order valence-corrected chi connectivity index (χ0v) is 11.5. The van der Waals surface area contributed by atoms with Gasteiger partial charge in [-0.05, 0) is 32.9 Å². The first-order valence-electron chi connectivity index (χ1n) is 6.32. The molecule has 0 aliphatic rings. The summed E-state index contributed by atoms with van der Waals surface area (Å²) in [6.07, 6.45) is 0. The predicted molar refractivity (Wildman–Crippen MR) is 77.7 cm³/mol. The molecule has 2 aromatic rings. The molecule has 100 valence electrons. The van der Waals surface area contributed by atoms with Crippen LogP contribution in [0.15, 0.2) is 46.0 Å². The molecule has 4 nitrogen and oxygen atoms in total. The first-order valence-corrected chi connectivity index (χ1v) is 6.32. The minimum absolute atomic E-state index is 0.166. The summed E-state index contributed by atoms with van der Waals surface area (Å²) in [6.45, 7) is 9.81. The minimum atomic E-state index is -0.276. The van der Waals surface area contributed by atoms with Gasteiger partial charge in [0.05, 0.1) is 10.9 Å². The van der Waals surface area contributed by atoms with Gasteiger partial charge in [-0.25, -0.2) is 4.79 Å². The van der Waals surface area contributed by atoms with Crippen LogP contribution in [0.4, 0.5) is 0 Å². The van der Waals surface area contributed by atoms with Crippen LogP contribution in [0.3, 0.4) is 0 Å². The molecule has 1 heterocycles. The average Bonchev–Trinajstić information content (AvgIpc) is 2.34. The summed E-state index contributed by atoms with van der Waals surface area (Å²) in [5, 5.41) is 0.567. The highest BCUT2D eigenvalue weighted by Crippen LogP contribution is 2.10. The van der Waals surface area contributed by atoms with Gasteiger partial charge in [0, 0.05) is 12.6 Å². The van der Waals surface area contributed by atoms with Crippen molar-refractivity contribution in [2.24, 2.45) is 0 Å². The normalized spacial score (nSPS) is 11.2. The van der Waals surface area contributed by atoms with E-state index in [1.54, 1.807) is 16.7 Å². The molecule has 1 aromatic heterocycles. The standard InChI is InChI=1S/C15H18N2O2/c1-10(2)9-16-13-8-6-5-7-12(13)14(18)17(11(3)4)15(16)19/h5-8,11H,1,9H2,2-4H3. The number of para-hydroxylation sites is 1. The van der Waals surface area contributed by atoms with Crippen molar-refractivity contribution in [2.45, 2.75) is 33.4 Å². The molecule has 0 amide bonds. The first kappa shape index (κ1) is 13.3. The molecule has 0 saturated carbocycles. The number of nitrogens with zero attached hydrogens (tertiary/aromatic N) is 2. The molecule has 0 atom stereocenters. The molecule has 1 aromatic carbocycles. The monoisotopic (exact) mass is 258 g/mol. The van der Waals surface area contributed by atoms with Gasteiger partial charge >= 0.3 is 5.69 Å². The van der Waals surface area contributed by atoms with Gasteiger partial charge in [0.15, 0.2) is 0 Å². The third-order valence-corrected chi connectivity index (χ3v) is 3.03. The Morgan fingerprint density at radius 2 is 1.89 bits per heavy atom. The smallest absolute Gasteiger partial charge is 0.289 e. The van der Waals surface area contributed by atoms with E-state index in [1.165, 1.54) is 4.57 Å². The van der Waals surface area contributed by atoms with Crippen LogP contribution in [-0.2, 0) is 6.54 Å². The van der Waals surface area contributed by atoms with Gasteiger partial charge in [0.1, 0.15) is 0 Å². The molecule has 0 N–H and O–H groups in total. The number of hydrogen-bond acceptors (Lipinski definition) is 2. The Morgan fingerprint density at radius 3 is 2.47 bits per heavy atom. The Bertz CT molecular complexity index is 751. The van der Waals surface area contributed by atoms with E-state index in [4.69, 9.17) is 0 Å². The fraction of sp³-hybridized carbons (Fsp3) is 0.333. The zero-order valence-electron chi connectivity index (χ0n) is 11.5. The van der Waals surface area contributed by atoms with E-state index >= 15 is 0 Å². The number of fused-ring (bicyclic) bond motifs is 1. The maximum atomic E-state index is 12.5. The Balaban J connectivity index is 2.97. The second-order valence-corrected chi connectivity index (χ2v) is 5.11. The van der Waals surface area contributed by atoms with E-state index in [1.807, 2.05) is 32.9 Å². The number of hydrogen-bond donors (Lipinski definition) is 0. The first-order chi connectivity index (χ1) is 8.93. The van der Waals surface area contributed by atoms with Crippen molar-refractivity contribution in [3.8, 4) is 0 Å². The highest BCUT2D eigenvalue weighted by atomic mass is 16.2. The summed E-state index contributed by atoms with van der Waals surface area (Å²) in [6, 6.07) is 7.03. The van der Waals surface area contributed by atoms with E-state index in [-0.39, 0.29) is 17.3 Å². The van der Waals surface area contributed by atoms with Gasteiger partial charge in [-0.15, -0.1) is 0 Å². The van der Waals surface area contributed by atoms with E-state index < -0.39 is 0 Å². The van der Waals surface area contributed by atoms with Gasteiger partial charge < -0.3 is 0 Å². The number of benzene rings is 1. The number of rotatable bonds is 3. The van der Waals surface area contributed by atoms with Crippen molar-refractivity contribution in [2.75, 3.05) is 0 Å². The molecule has 2 rings (SSSR count). The Labute approximate surface area is 111 Å². The predicted octanol–water partition coefficient (Wildman–Crippen LogP) is 2.32. The molecule has 4 heteroatoms. The lowest BCUT2D eigenvalue weighted by Gasteiger charge is -2.16. The van der Waals surface area contributed by atoms with Gasteiger partial charge in [0.2, 0.25) is 0 Å². The zero-order chi connectivity index (χ0) is 14.2. The van der Waals surface area contributed by atoms with E-state index in [0.29, 0.717) is 17.4 Å². The van der Waals surface area contributed by atoms with Gasteiger partial charge in [-0.3, -0.25) is 13.9 Å². The van der Waals surface area contributed by atoms with Crippen LogP contribution in [0.1, 0.15) is 26.8 Å². The van der Waals surface area contributed by atoms with Gasteiger partial charge in [-0.2, -0.15) is 0 Å². The van der Waals surface area contributed by atoms with Crippen LogP contribution in [0.2, 0.25) is 0 Å². The molecule has 0 spiro atoms. The number of allylic oxidation sites excluding steroid dienone is 1. The second-order valence-electron chi connectivity index (χ2n) is 5.11. The van der Waals surface area contributed by atoms with Gasteiger partial charge in [0.25, 0.3) is 5.56 Å². The van der Waals surface area contributed by atoms with Crippen molar-refractivity contribution in [3.05, 3.63) is 57.3 Å². The lowest BCUT2D eigenvalue weighted by Crippen LogP contribution is -2.41. The molecule has 0 radical (unpaired) electrons. The van der Waals surface area contributed by atoms with Crippen molar-refractivity contribution in [1.29, 1.82) is 0 Å². The quantitative estimate of drug-likeness (QED) is 0.793. The van der Waals surface area contributed by atoms with E-state index in [9.17, 15) is 9.59 Å². The summed E-state index contributed by atoms with van der Waals surface area (Å²) in [7, 11) is 0. The molecule has 0 bridgehead atoms. The Morgan fingerprint density at radius 1 is 1.26 bits per heavy atom. The largest absolute Gasteiger partial charge is 0.332 e. The summed E-state index contributed by atoms with van der Waals surface area (Å²) < 4.78 is 2.91. The van der Waals surface area contributed by atoms with Crippen molar-refractivity contribution < 1.29 is 0 Å². The lowest BCUT2D eigenvalue weighted by atomic mass is 10.2. The summed E-state index contributed by atoms with van der Waals surface area (Å²) in [5.74, 6) is 0. The molecule has 19 heavy (non-hydrogen) atoms. The Kier molecular flexibility index (Phi) is 3.42. The highest BCUT2D eigenvalue weighted by molar-refractivity contribution is 5.77. The molecule has 0 saturated heterocycles. The molecular formula is C15H18N2O2. The van der Waals surface area contributed by atoms with Crippen LogP contribution in [0.5, 0.6) is 0 Å².